The van der Waals surface area contributed by atoms with E-state index in [1.165, 1.54) is 24.3 Å². The molecular formula is C26H26Cl2F3NO3. The van der Waals surface area contributed by atoms with Crippen LogP contribution in [0.3, 0.4) is 0 Å². The van der Waals surface area contributed by atoms with Gasteiger partial charge in [-0.05, 0) is 72.9 Å². The maximum absolute atomic E-state index is 14.0. The van der Waals surface area contributed by atoms with Gasteiger partial charge in [0, 0.05) is 21.0 Å². The number of carbonyl (C=O) groups excluding carboxylic acids is 1. The summed E-state index contributed by atoms with van der Waals surface area (Å²) in [6.45, 7) is 6.54. The summed E-state index contributed by atoms with van der Waals surface area (Å²) in [7, 11) is 0. The molecule has 1 fully saturated rings. The first-order chi connectivity index (χ1) is 16.3. The second-order valence-corrected chi connectivity index (χ2v) is 11.0. The number of hydrogen-bond acceptors (Lipinski definition) is 3. The lowest BCUT2D eigenvalue weighted by Crippen LogP contribution is -2.30. The Hall–Kier alpha value is -2.38. The van der Waals surface area contributed by atoms with Crippen molar-refractivity contribution in [2.45, 2.75) is 58.7 Å². The highest BCUT2D eigenvalue weighted by Crippen LogP contribution is 2.42. The molecule has 188 valence electrons. The van der Waals surface area contributed by atoms with Gasteiger partial charge in [-0.25, -0.2) is 4.79 Å². The van der Waals surface area contributed by atoms with Crippen molar-refractivity contribution in [2.75, 3.05) is 0 Å². The maximum atomic E-state index is 14.0. The molecule has 0 amide bonds. The van der Waals surface area contributed by atoms with E-state index < -0.39 is 17.7 Å². The highest BCUT2D eigenvalue weighted by molar-refractivity contribution is 6.36. The van der Waals surface area contributed by atoms with E-state index in [9.17, 15) is 23.2 Å². The van der Waals surface area contributed by atoms with Crippen molar-refractivity contribution in [2.24, 2.45) is 11.3 Å². The monoisotopic (exact) mass is 527 g/mol. The van der Waals surface area contributed by atoms with Gasteiger partial charge in [0.05, 0.1) is 11.1 Å². The minimum atomic E-state index is -4.74. The highest BCUT2D eigenvalue weighted by Gasteiger charge is 2.36. The van der Waals surface area contributed by atoms with Crippen molar-refractivity contribution >= 4 is 40.1 Å². The Balaban J connectivity index is 1.69. The van der Waals surface area contributed by atoms with Crippen LogP contribution in [0, 0.1) is 11.3 Å². The van der Waals surface area contributed by atoms with Crippen molar-refractivity contribution in [1.29, 1.82) is 0 Å². The van der Waals surface area contributed by atoms with E-state index in [0.717, 1.165) is 25.0 Å². The zero-order valence-electron chi connectivity index (χ0n) is 19.5. The molecular weight excluding hydrogens is 502 g/mol. The van der Waals surface area contributed by atoms with Crippen LogP contribution in [-0.4, -0.2) is 22.0 Å². The van der Waals surface area contributed by atoms with E-state index in [0.29, 0.717) is 34.1 Å². The van der Waals surface area contributed by atoms with Gasteiger partial charge in [-0.2, -0.15) is 17.9 Å². The van der Waals surface area contributed by atoms with Crippen LogP contribution in [0.25, 0.3) is 22.0 Å². The van der Waals surface area contributed by atoms with E-state index in [-0.39, 0.29) is 38.7 Å². The van der Waals surface area contributed by atoms with Crippen LogP contribution in [0.2, 0.25) is 10.0 Å². The third-order valence-corrected chi connectivity index (χ3v) is 7.37. The van der Waals surface area contributed by atoms with Crippen LogP contribution in [0.5, 0.6) is 0 Å². The molecule has 4 rings (SSSR count). The molecule has 9 heteroatoms. The molecule has 0 aliphatic heterocycles. The molecule has 0 atom stereocenters. The van der Waals surface area contributed by atoms with E-state index in [4.69, 9.17) is 27.9 Å². The number of carbonyl (C=O) groups is 1. The van der Waals surface area contributed by atoms with E-state index in [1.807, 2.05) is 0 Å². The molecule has 0 radical (unpaired) electrons. The normalized spacial score (nSPS) is 19.2. The fraction of sp³-hybridized carbons (Fsp3) is 0.423. The van der Waals surface area contributed by atoms with Crippen LogP contribution in [0.4, 0.5) is 13.2 Å². The fourth-order valence-corrected chi connectivity index (χ4v) is 5.33. The Labute approximate surface area is 211 Å². The largest absolute Gasteiger partial charge is 0.458 e. The molecule has 1 heterocycles. The third kappa shape index (κ3) is 5.26. The number of alkyl halides is 3. The Morgan fingerprint density at radius 3 is 2.26 bits per heavy atom. The molecule has 35 heavy (non-hydrogen) atoms. The first kappa shape index (κ1) is 25.7. The lowest BCUT2D eigenvalue weighted by Gasteiger charge is -2.36. The number of hydrogen-bond donors (Lipinski definition) is 1. The lowest BCUT2D eigenvalue weighted by molar-refractivity contribution is -0.136. The minimum Gasteiger partial charge on any atom is -0.458 e. The second-order valence-electron chi connectivity index (χ2n) is 10.2. The summed E-state index contributed by atoms with van der Waals surface area (Å²) >= 11 is 12.1. The van der Waals surface area contributed by atoms with Gasteiger partial charge >= 0.3 is 12.1 Å². The van der Waals surface area contributed by atoms with Crippen LogP contribution in [-0.2, 0) is 10.9 Å². The summed E-state index contributed by atoms with van der Waals surface area (Å²) in [5, 5.41) is 10.9. The first-order valence-electron chi connectivity index (χ1n) is 11.4. The Bertz CT molecular complexity index is 1270. The Morgan fingerprint density at radius 1 is 1.03 bits per heavy atom. The van der Waals surface area contributed by atoms with Crippen LogP contribution >= 0.6 is 23.2 Å². The average molecular weight is 528 g/mol. The molecule has 0 saturated heterocycles. The van der Waals surface area contributed by atoms with Crippen molar-refractivity contribution in [3.63, 3.8) is 0 Å². The molecule has 0 bridgehead atoms. The molecule has 1 saturated carbocycles. The molecule has 3 aromatic rings. The van der Waals surface area contributed by atoms with Gasteiger partial charge < -0.3 is 9.94 Å². The van der Waals surface area contributed by atoms with E-state index in [1.54, 1.807) is 0 Å². The number of benzene rings is 2. The van der Waals surface area contributed by atoms with E-state index >= 15 is 0 Å². The first-order valence-corrected chi connectivity index (χ1v) is 12.1. The number of rotatable bonds is 3. The van der Waals surface area contributed by atoms with Gasteiger partial charge in [0.25, 0.3) is 0 Å². The quantitative estimate of drug-likeness (QED) is 0.274. The maximum Gasteiger partial charge on any atom is 0.417 e. The smallest absolute Gasteiger partial charge is 0.417 e. The molecule has 1 aromatic heterocycles. The van der Waals surface area contributed by atoms with Crippen molar-refractivity contribution < 1.29 is 27.9 Å². The summed E-state index contributed by atoms with van der Waals surface area (Å²) in [4.78, 5) is 12.9. The number of halogens is 5. The number of esters is 1. The molecule has 1 N–H and O–H groups in total. The topological polar surface area (TPSA) is 51.5 Å². The molecule has 0 unspecified atom stereocenters. The molecule has 1 aliphatic carbocycles. The van der Waals surface area contributed by atoms with Gasteiger partial charge in [-0.3, -0.25) is 0 Å². The molecule has 0 spiro atoms. The SMILES string of the molecule is CC(C)(C)C1CCC(OC(=O)c2cc3c(C(F)(F)F)cc(-c4ccc(Cl)cc4Cl)cc3n2O)CC1. The highest BCUT2D eigenvalue weighted by atomic mass is 35.5. The van der Waals surface area contributed by atoms with Crippen molar-refractivity contribution in [3.05, 3.63) is 57.7 Å². The minimum absolute atomic E-state index is 0.125. The lowest BCUT2D eigenvalue weighted by atomic mass is 9.72. The molecule has 1 aliphatic rings. The average Bonchev–Trinajstić information content (AvgIpc) is 3.09. The predicted molar refractivity (Wildman–Crippen MR) is 130 cm³/mol. The fourth-order valence-electron chi connectivity index (χ4n) is 4.81. The van der Waals surface area contributed by atoms with Crippen LogP contribution < -0.4 is 0 Å². The molecule has 4 nitrogen and oxygen atoms in total. The molecule has 2 aromatic carbocycles. The van der Waals surface area contributed by atoms with Gasteiger partial charge in [0.15, 0.2) is 5.69 Å². The van der Waals surface area contributed by atoms with E-state index in [2.05, 4.69) is 20.8 Å². The Morgan fingerprint density at radius 2 is 1.69 bits per heavy atom. The Kier molecular flexibility index (Phi) is 6.79. The predicted octanol–water partition coefficient (Wildman–Crippen LogP) is 8.63. The summed E-state index contributed by atoms with van der Waals surface area (Å²) < 4.78 is 47.9. The van der Waals surface area contributed by atoms with Gasteiger partial charge in [0.2, 0.25) is 0 Å². The third-order valence-electron chi connectivity index (χ3n) is 6.82. The summed E-state index contributed by atoms with van der Waals surface area (Å²) in [5.41, 5.74) is -0.939. The standard InChI is InChI=1S/C26H26Cl2F3NO3/c1-25(2,3)15-4-7-17(8-5-15)35-24(33)23-13-19-20(26(29,30)31)10-14(11-22(19)32(23)34)18-9-6-16(27)12-21(18)28/h6,9-13,15,17,34H,4-5,7-8H2,1-3H3. The zero-order chi connectivity index (χ0) is 25.7. The van der Waals surface area contributed by atoms with Crippen LogP contribution in [0.15, 0.2) is 36.4 Å². The zero-order valence-corrected chi connectivity index (χ0v) is 21.1. The number of ether oxygens (including phenoxy) is 1. The second kappa shape index (κ2) is 9.25. The van der Waals surface area contributed by atoms with Gasteiger partial charge in [-0.1, -0.05) is 50.0 Å². The summed E-state index contributed by atoms with van der Waals surface area (Å²) in [6.07, 6.45) is -1.94. The summed E-state index contributed by atoms with van der Waals surface area (Å²) in [5.74, 6) is -0.351. The van der Waals surface area contributed by atoms with Gasteiger partial charge in [0.1, 0.15) is 6.10 Å². The number of aromatic nitrogens is 1. The summed E-state index contributed by atoms with van der Waals surface area (Å²) in [6, 6.07) is 7.75. The van der Waals surface area contributed by atoms with Crippen molar-refractivity contribution in [3.8, 4) is 11.1 Å². The number of fused-ring (bicyclic) bond motifs is 1. The van der Waals surface area contributed by atoms with Crippen LogP contribution in [0.1, 0.15) is 62.5 Å². The van der Waals surface area contributed by atoms with Gasteiger partial charge in [-0.15, -0.1) is 0 Å². The number of nitrogens with zero attached hydrogens (tertiary/aromatic N) is 1. The van der Waals surface area contributed by atoms with Crippen molar-refractivity contribution in [1.82, 2.24) is 4.73 Å².